The SMILES string of the molecule is CCOc1ccc(N2CC=C[C@@]3(C)S[C@]45C=CCN(c6ccc(N(CC)CC)cc6)C(=O)C4N(CCCO)C(=O)[C@@H]5[C@H]3C2=O)cc1. The van der Waals surface area contributed by atoms with Crippen molar-refractivity contribution in [3.63, 3.8) is 0 Å². The molecule has 0 aliphatic carbocycles. The van der Waals surface area contributed by atoms with Gasteiger partial charge in [0.1, 0.15) is 11.8 Å². The molecular formula is C36H44N4O5S. The molecule has 2 aromatic rings. The van der Waals surface area contributed by atoms with Crippen molar-refractivity contribution in [1.29, 1.82) is 0 Å². The van der Waals surface area contributed by atoms with E-state index < -0.39 is 27.4 Å². The van der Waals surface area contributed by atoms with Crippen LogP contribution in [0.5, 0.6) is 5.75 Å². The maximum absolute atomic E-state index is 14.7. The number of hydrogen-bond donors (Lipinski definition) is 1. The average molecular weight is 645 g/mol. The summed E-state index contributed by atoms with van der Waals surface area (Å²) in [6.45, 7) is 11.4. The second-order valence-electron chi connectivity index (χ2n) is 12.4. The van der Waals surface area contributed by atoms with Gasteiger partial charge in [0.05, 0.1) is 23.2 Å². The molecule has 2 aromatic carbocycles. The lowest BCUT2D eigenvalue weighted by Gasteiger charge is -2.37. The normalized spacial score (nSPS) is 28.6. The number of aliphatic hydroxyl groups excluding tert-OH is 1. The number of hydrogen-bond acceptors (Lipinski definition) is 7. The lowest BCUT2D eigenvalue weighted by atomic mass is 9.74. The Morgan fingerprint density at radius 3 is 2.07 bits per heavy atom. The second-order valence-corrected chi connectivity index (χ2v) is 14.2. The fourth-order valence-corrected chi connectivity index (χ4v) is 9.95. The minimum Gasteiger partial charge on any atom is -0.494 e. The van der Waals surface area contributed by atoms with Crippen molar-refractivity contribution in [2.75, 3.05) is 60.6 Å². The number of rotatable bonds is 10. The van der Waals surface area contributed by atoms with E-state index in [0.29, 0.717) is 26.1 Å². The summed E-state index contributed by atoms with van der Waals surface area (Å²) in [5, 5.41) is 9.76. The molecule has 46 heavy (non-hydrogen) atoms. The lowest BCUT2D eigenvalue weighted by Crippen LogP contribution is -2.53. The van der Waals surface area contributed by atoms with Crippen LogP contribution in [0.15, 0.2) is 72.8 Å². The number of aliphatic hydroxyl groups is 1. The third kappa shape index (κ3) is 5.19. The van der Waals surface area contributed by atoms with Gasteiger partial charge in [-0.05, 0) is 82.6 Å². The fourth-order valence-electron chi connectivity index (χ4n) is 7.79. The maximum atomic E-state index is 14.7. The molecule has 1 unspecified atom stereocenters. The molecule has 3 amide bonds. The third-order valence-electron chi connectivity index (χ3n) is 9.86. The summed E-state index contributed by atoms with van der Waals surface area (Å²) in [7, 11) is 0. The summed E-state index contributed by atoms with van der Waals surface area (Å²) in [6, 6.07) is 14.7. The number of benzene rings is 2. The van der Waals surface area contributed by atoms with Gasteiger partial charge in [0.25, 0.3) is 5.91 Å². The van der Waals surface area contributed by atoms with Crippen molar-refractivity contribution < 1.29 is 24.2 Å². The topological polar surface area (TPSA) is 93.6 Å². The molecule has 244 valence electrons. The summed E-state index contributed by atoms with van der Waals surface area (Å²) in [6.07, 6.45) is 8.45. The summed E-state index contributed by atoms with van der Waals surface area (Å²) in [4.78, 5) is 51.3. The number of carbonyl (C=O) groups is 3. The van der Waals surface area contributed by atoms with Crippen LogP contribution in [-0.4, -0.2) is 89.2 Å². The highest BCUT2D eigenvalue weighted by Gasteiger charge is 2.74. The number of thioether (sulfide) groups is 1. The second kappa shape index (κ2) is 12.8. The van der Waals surface area contributed by atoms with Gasteiger partial charge in [0.2, 0.25) is 11.8 Å². The minimum absolute atomic E-state index is 0.101. The Morgan fingerprint density at radius 1 is 0.848 bits per heavy atom. The van der Waals surface area contributed by atoms with Crippen LogP contribution in [0, 0.1) is 11.8 Å². The molecule has 0 bridgehead atoms. The number of anilines is 3. The molecule has 2 saturated heterocycles. The number of fused-ring (bicyclic) bond motifs is 2. The Labute approximate surface area is 275 Å². The molecule has 10 heteroatoms. The van der Waals surface area contributed by atoms with E-state index >= 15 is 0 Å². The highest BCUT2D eigenvalue weighted by atomic mass is 32.2. The van der Waals surface area contributed by atoms with Crippen LogP contribution >= 0.6 is 11.8 Å². The Kier molecular flexibility index (Phi) is 8.95. The van der Waals surface area contributed by atoms with Gasteiger partial charge in [-0.15, -0.1) is 11.8 Å². The molecule has 4 aliphatic heterocycles. The van der Waals surface area contributed by atoms with E-state index in [2.05, 4.69) is 24.8 Å². The molecule has 0 saturated carbocycles. The number of likely N-dealkylation sites (tertiary alicyclic amines) is 1. The maximum Gasteiger partial charge on any atom is 0.251 e. The van der Waals surface area contributed by atoms with Crippen molar-refractivity contribution in [3.05, 3.63) is 72.8 Å². The molecule has 4 heterocycles. The van der Waals surface area contributed by atoms with Gasteiger partial charge in [0.15, 0.2) is 0 Å². The van der Waals surface area contributed by atoms with Gasteiger partial charge in [-0.3, -0.25) is 14.4 Å². The van der Waals surface area contributed by atoms with Crippen LogP contribution in [0.4, 0.5) is 17.1 Å². The van der Waals surface area contributed by atoms with Gasteiger partial charge >= 0.3 is 0 Å². The van der Waals surface area contributed by atoms with Crippen LogP contribution in [-0.2, 0) is 14.4 Å². The molecule has 0 radical (unpaired) electrons. The summed E-state index contributed by atoms with van der Waals surface area (Å²) >= 11 is 1.57. The van der Waals surface area contributed by atoms with Gasteiger partial charge in [-0.1, -0.05) is 24.3 Å². The Balaban J connectivity index is 1.39. The van der Waals surface area contributed by atoms with E-state index in [4.69, 9.17) is 4.74 Å². The van der Waals surface area contributed by atoms with E-state index in [1.54, 1.807) is 26.5 Å². The van der Waals surface area contributed by atoms with E-state index in [-0.39, 0.29) is 30.9 Å². The zero-order chi connectivity index (χ0) is 32.6. The number of amides is 3. The molecule has 6 rings (SSSR count). The average Bonchev–Trinajstić information content (AvgIpc) is 3.32. The van der Waals surface area contributed by atoms with Crippen molar-refractivity contribution in [2.24, 2.45) is 11.8 Å². The molecule has 1 N–H and O–H groups in total. The Bertz CT molecular complexity index is 1520. The number of carbonyl (C=O) groups excluding carboxylic acids is 3. The van der Waals surface area contributed by atoms with Crippen molar-refractivity contribution in [3.8, 4) is 5.75 Å². The Morgan fingerprint density at radius 2 is 1.46 bits per heavy atom. The van der Waals surface area contributed by atoms with Gasteiger partial charge in [-0.25, -0.2) is 0 Å². The zero-order valence-electron chi connectivity index (χ0n) is 27.1. The first-order valence-electron chi connectivity index (χ1n) is 16.4. The van der Waals surface area contributed by atoms with Crippen molar-refractivity contribution in [1.82, 2.24) is 4.90 Å². The third-order valence-corrected chi connectivity index (χ3v) is 11.7. The van der Waals surface area contributed by atoms with Crippen molar-refractivity contribution in [2.45, 2.75) is 49.7 Å². The predicted molar refractivity (Wildman–Crippen MR) is 184 cm³/mol. The summed E-state index contributed by atoms with van der Waals surface area (Å²) < 4.78 is 3.96. The van der Waals surface area contributed by atoms with Crippen LogP contribution in [0.25, 0.3) is 0 Å². The van der Waals surface area contributed by atoms with Crippen LogP contribution in [0.1, 0.15) is 34.1 Å². The van der Waals surface area contributed by atoms with E-state index in [1.165, 1.54) is 0 Å². The first-order valence-corrected chi connectivity index (χ1v) is 17.2. The van der Waals surface area contributed by atoms with Crippen LogP contribution in [0.3, 0.4) is 0 Å². The molecule has 2 fully saturated rings. The smallest absolute Gasteiger partial charge is 0.251 e. The van der Waals surface area contributed by atoms with Gasteiger partial charge in [-0.2, -0.15) is 0 Å². The van der Waals surface area contributed by atoms with Crippen LogP contribution in [0.2, 0.25) is 0 Å². The van der Waals surface area contributed by atoms with Crippen molar-refractivity contribution >= 4 is 46.5 Å². The standard InChI is InChI=1S/C36H44N4O5S/c1-5-37(6-2)25-11-13-26(14-12-25)39-22-9-20-36-30(33(43)40(23-10-24-41)31(36)34(39)44)29-32(42)38(21-8-19-35(29,4)46-36)27-15-17-28(18-16-27)45-7-3/h8-9,11-20,29-31,41H,5-7,10,21-24H2,1-4H3/t29-,30-,31?,35+,36-/m0/s1. The molecule has 4 aliphatic rings. The molecule has 1 spiro atoms. The van der Waals surface area contributed by atoms with Crippen LogP contribution < -0.4 is 19.4 Å². The first kappa shape index (κ1) is 32.2. The number of nitrogens with zero attached hydrogens (tertiary/aromatic N) is 4. The number of ether oxygens (including phenoxy) is 1. The molecule has 9 nitrogen and oxygen atoms in total. The summed E-state index contributed by atoms with van der Waals surface area (Å²) in [5.74, 6) is -1.19. The fraction of sp³-hybridized carbons (Fsp3) is 0.472. The summed E-state index contributed by atoms with van der Waals surface area (Å²) in [5.41, 5.74) is 2.59. The van der Waals surface area contributed by atoms with E-state index in [1.807, 2.05) is 80.6 Å². The minimum atomic E-state index is -0.944. The largest absolute Gasteiger partial charge is 0.494 e. The monoisotopic (exact) mass is 644 g/mol. The van der Waals surface area contributed by atoms with E-state index in [0.717, 1.165) is 35.9 Å². The zero-order valence-corrected chi connectivity index (χ0v) is 27.9. The molecule has 5 atom stereocenters. The molecule has 0 aromatic heterocycles. The quantitative estimate of drug-likeness (QED) is 0.381. The Hall–Kier alpha value is -3.76. The highest BCUT2D eigenvalue weighted by Crippen LogP contribution is 2.65. The first-order chi connectivity index (χ1) is 22.2. The highest BCUT2D eigenvalue weighted by molar-refractivity contribution is 8.02. The van der Waals surface area contributed by atoms with Gasteiger partial charge < -0.3 is 29.4 Å². The van der Waals surface area contributed by atoms with E-state index in [9.17, 15) is 19.5 Å². The van der Waals surface area contributed by atoms with Gasteiger partial charge in [0, 0.05) is 61.1 Å². The predicted octanol–water partition coefficient (Wildman–Crippen LogP) is 4.51. The molecular weight excluding hydrogens is 600 g/mol. The lowest BCUT2D eigenvalue weighted by molar-refractivity contribution is -0.139.